The molecule has 3 rings (SSSR count). The normalized spacial score (nSPS) is 16.1. The summed E-state index contributed by atoms with van der Waals surface area (Å²) in [6.45, 7) is 4.61. The van der Waals surface area contributed by atoms with Crippen LogP contribution in [-0.4, -0.2) is 50.1 Å². The van der Waals surface area contributed by atoms with Crippen molar-refractivity contribution >= 4 is 5.91 Å². The third kappa shape index (κ3) is 4.82. The Morgan fingerprint density at radius 1 is 1.32 bits per heavy atom. The fraction of sp³-hybridized carbons (Fsp3) is 0.529. The van der Waals surface area contributed by atoms with Gasteiger partial charge in [0.15, 0.2) is 0 Å². The van der Waals surface area contributed by atoms with E-state index in [2.05, 4.69) is 25.7 Å². The number of carbonyl (C=O) groups excluding carboxylic acids is 1. The fourth-order valence-electron chi connectivity index (χ4n) is 3.07. The van der Waals surface area contributed by atoms with Gasteiger partial charge in [-0.05, 0) is 36.3 Å². The molecule has 0 radical (unpaired) electrons. The van der Waals surface area contributed by atoms with Crippen LogP contribution in [0.25, 0.3) is 0 Å². The predicted molar refractivity (Wildman–Crippen MR) is 90.0 cm³/mol. The van der Waals surface area contributed by atoms with E-state index in [0.29, 0.717) is 25.3 Å². The lowest BCUT2D eigenvalue weighted by Gasteiger charge is -2.32. The number of rotatable bonds is 6. The van der Waals surface area contributed by atoms with Crippen molar-refractivity contribution in [3.8, 4) is 0 Å². The Balaban J connectivity index is 1.39. The van der Waals surface area contributed by atoms with Crippen molar-refractivity contribution in [1.82, 2.24) is 30.4 Å². The van der Waals surface area contributed by atoms with E-state index >= 15 is 0 Å². The number of carbonyl (C=O) groups is 1. The maximum absolute atomic E-state index is 13.7. The number of piperidine rings is 1. The van der Waals surface area contributed by atoms with Gasteiger partial charge in [-0.3, -0.25) is 9.69 Å². The molecule has 1 aromatic carbocycles. The lowest BCUT2D eigenvalue weighted by atomic mass is 10.0. The Kier molecular flexibility index (Phi) is 5.70. The number of hydrogen-bond acceptors (Lipinski definition) is 5. The van der Waals surface area contributed by atoms with E-state index in [1.165, 1.54) is 6.07 Å². The highest BCUT2D eigenvalue weighted by molar-refractivity contribution is 5.76. The first kappa shape index (κ1) is 17.5. The first-order chi connectivity index (χ1) is 12.1. The first-order valence-corrected chi connectivity index (χ1v) is 8.59. The Morgan fingerprint density at radius 3 is 2.76 bits per heavy atom. The monoisotopic (exact) mass is 346 g/mol. The lowest BCUT2D eigenvalue weighted by molar-refractivity contribution is -0.122. The smallest absolute Gasteiger partial charge is 0.222 e. The predicted octanol–water partition coefficient (Wildman–Crippen LogP) is 1.29. The third-order valence-electron chi connectivity index (χ3n) is 4.57. The van der Waals surface area contributed by atoms with Crippen molar-refractivity contribution in [2.24, 2.45) is 0 Å². The summed E-state index contributed by atoms with van der Waals surface area (Å²) in [7, 11) is 0. The quantitative estimate of drug-likeness (QED) is 0.853. The highest BCUT2D eigenvalue weighted by Gasteiger charge is 2.21. The van der Waals surface area contributed by atoms with Crippen LogP contribution in [0.1, 0.15) is 30.7 Å². The van der Waals surface area contributed by atoms with E-state index in [1.807, 2.05) is 19.1 Å². The molecule has 7 nitrogen and oxygen atoms in total. The van der Waals surface area contributed by atoms with E-state index in [1.54, 1.807) is 10.7 Å². The molecular formula is C17H23FN6O. The summed E-state index contributed by atoms with van der Waals surface area (Å²) in [5, 5.41) is 14.3. The van der Waals surface area contributed by atoms with Crippen LogP contribution in [0.2, 0.25) is 0 Å². The summed E-state index contributed by atoms with van der Waals surface area (Å²) >= 11 is 0. The Bertz CT molecular complexity index is 711. The van der Waals surface area contributed by atoms with Crippen LogP contribution in [0, 0.1) is 12.7 Å². The fourth-order valence-corrected chi connectivity index (χ4v) is 3.07. The number of nitrogens with zero attached hydrogens (tertiary/aromatic N) is 5. The summed E-state index contributed by atoms with van der Waals surface area (Å²) in [6, 6.07) is 7.06. The second-order valence-electron chi connectivity index (χ2n) is 6.41. The molecule has 2 heterocycles. The topological polar surface area (TPSA) is 75.9 Å². The highest BCUT2D eigenvalue weighted by Crippen LogP contribution is 2.16. The Hall–Kier alpha value is -2.35. The van der Waals surface area contributed by atoms with E-state index in [0.717, 1.165) is 31.5 Å². The van der Waals surface area contributed by atoms with Crippen LogP contribution in [0.5, 0.6) is 0 Å². The summed E-state index contributed by atoms with van der Waals surface area (Å²) < 4.78 is 15.3. The summed E-state index contributed by atoms with van der Waals surface area (Å²) in [4.78, 5) is 14.3. The second kappa shape index (κ2) is 8.15. The lowest BCUT2D eigenvalue weighted by Crippen LogP contribution is -2.44. The van der Waals surface area contributed by atoms with Gasteiger partial charge in [0.05, 0.1) is 6.54 Å². The highest BCUT2D eigenvalue weighted by atomic mass is 19.1. The van der Waals surface area contributed by atoms with Gasteiger partial charge in [0.1, 0.15) is 11.6 Å². The number of tetrazole rings is 1. The molecule has 0 aliphatic carbocycles. The maximum Gasteiger partial charge on any atom is 0.222 e. The maximum atomic E-state index is 13.7. The van der Waals surface area contributed by atoms with Gasteiger partial charge < -0.3 is 5.32 Å². The summed E-state index contributed by atoms with van der Waals surface area (Å²) in [5.74, 6) is 0.563. The van der Waals surface area contributed by atoms with E-state index in [4.69, 9.17) is 0 Å². The van der Waals surface area contributed by atoms with Crippen molar-refractivity contribution in [2.75, 3.05) is 13.1 Å². The molecule has 1 fully saturated rings. The SMILES string of the molecule is Cc1nnnn1CCC(=O)NC1CCN(Cc2ccccc2F)CC1. The standard InChI is InChI=1S/C17H23FN6O/c1-13-20-21-22-24(13)11-8-17(25)19-15-6-9-23(10-7-15)12-14-4-2-3-5-16(14)18/h2-5,15H,6-12H2,1H3,(H,19,25). The van der Waals surface area contributed by atoms with Gasteiger partial charge in [0.25, 0.3) is 0 Å². The largest absolute Gasteiger partial charge is 0.353 e. The van der Waals surface area contributed by atoms with Crippen molar-refractivity contribution in [3.05, 3.63) is 41.5 Å². The van der Waals surface area contributed by atoms with Crippen LogP contribution in [-0.2, 0) is 17.9 Å². The molecule has 0 saturated carbocycles. The van der Waals surface area contributed by atoms with Crippen LogP contribution >= 0.6 is 0 Å². The van der Waals surface area contributed by atoms with Crippen LogP contribution < -0.4 is 5.32 Å². The van der Waals surface area contributed by atoms with Crippen LogP contribution in [0.15, 0.2) is 24.3 Å². The molecule has 0 unspecified atom stereocenters. The molecule has 0 spiro atoms. The number of hydrogen-bond donors (Lipinski definition) is 1. The second-order valence-corrected chi connectivity index (χ2v) is 6.41. The Labute approximate surface area is 146 Å². The molecule has 0 atom stereocenters. The number of aryl methyl sites for hydroxylation is 2. The molecule has 0 bridgehead atoms. The van der Waals surface area contributed by atoms with Crippen molar-refractivity contribution in [3.63, 3.8) is 0 Å². The van der Waals surface area contributed by atoms with Gasteiger partial charge >= 0.3 is 0 Å². The summed E-state index contributed by atoms with van der Waals surface area (Å²) in [6.07, 6.45) is 2.12. The molecule has 25 heavy (non-hydrogen) atoms. The van der Waals surface area contributed by atoms with Gasteiger partial charge in [-0.25, -0.2) is 9.07 Å². The molecule has 1 aliphatic rings. The van der Waals surface area contributed by atoms with Gasteiger partial charge in [-0.2, -0.15) is 0 Å². The van der Waals surface area contributed by atoms with Crippen LogP contribution in [0.4, 0.5) is 4.39 Å². The van der Waals surface area contributed by atoms with Crippen molar-refractivity contribution in [2.45, 2.75) is 45.3 Å². The molecular weight excluding hydrogens is 323 g/mol. The number of benzene rings is 1. The van der Waals surface area contributed by atoms with E-state index in [9.17, 15) is 9.18 Å². The van der Waals surface area contributed by atoms with Gasteiger partial charge in [-0.15, -0.1) is 5.10 Å². The van der Waals surface area contributed by atoms with E-state index < -0.39 is 0 Å². The first-order valence-electron chi connectivity index (χ1n) is 8.59. The molecule has 8 heteroatoms. The minimum atomic E-state index is -0.157. The van der Waals surface area contributed by atoms with Crippen molar-refractivity contribution in [1.29, 1.82) is 0 Å². The van der Waals surface area contributed by atoms with E-state index in [-0.39, 0.29) is 17.8 Å². The minimum absolute atomic E-state index is 0.0162. The number of halogens is 1. The van der Waals surface area contributed by atoms with Crippen LogP contribution in [0.3, 0.4) is 0 Å². The number of aromatic nitrogens is 4. The minimum Gasteiger partial charge on any atom is -0.353 e. The molecule has 1 aromatic heterocycles. The summed E-state index contributed by atoms with van der Waals surface area (Å²) in [5.41, 5.74) is 0.724. The average Bonchev–Trinajstić information content (AvgIpc) is 3.02. The molecule has 1 amide bonds. The van der Waals surface area contributed by atoms with Gasteiger partial charge in [-0.1, -0.05) is 18.2 Å². The number of nitrogens with one attached hydrogen (secondary N) is 1. The zero-order valence-electron chi connectivity index (χ0n) is 14.4. The molecule has 134 valence electrons. The van der Waals surface area contributed by atoms with Crippen molar-refractivity contribution < 1.29 is 9.18 Å². The molecule has 1 N–H and O–H groups in total. The zero-order chi connectivity index (χ0) is 17.6. The molecule has 2 aromatic rings. The zero-order valence-corrected chi connectivity index (χ0v) is 14.4. The number of amides is 1. The molecule has 1 aliphatic heterocycles. The Morgan fingerprint density at radius 2 is 2.08 bits per heavy atom. The molecule has 1 saturated heterocycles. The number of likely N-dealkylation sites (tertiary alicyclic amines) is 1. The van der Waals surface area contributed by atoms with Gasteiger partial charge in [0.2, 0.25) is 5.91 Å². The van der Waals surface area contributed by atoms with Gasteiger partial charge in [0, 0.05) is 37.7 Å². The third-order valence-corrected chi connectivity index (χ3v) is 4.57. The average molecular weight is 346 g/mol.